The summed E-state index contributed by atoms with van der Waals surface area (Å²) in [5.74, 6) is -0.210. The van der Waals surface area contributed by atoms with Crippen molar-refractivity contribution >= 4 is 22.4 Å². The minimum atomic E-state index is -0.210. The van der Waals surface area contributed by atoms with E-state index in [4.69, 9.17) is 0 Å². The maximum absolute atomic E-state index is 10.4. The number of rotatable bonds is 1. The number of nitrogens with zero attached hydrogens (tertiary/aromatic N) is 1. The van der Waals surface area contributed by atoms with Crippen LogP contribution in [0.15, 0.2) is 40.2 Å². The molecule has 12 heavy (non-hydrogen) atoms. The Morgan fingerprint density at radius 3 is 2.67 bits per heavy atom. The van der Waals surface area contributed by atoms with Gasteiger partial charge < -0.3 is 0 Å². The number of aliphatic imine (C=N–C) groups is 1. The maximum atomic E-state index is 10.4. The Morgan fingerprint density at radius 2 is 2.08 bits per heavy atom. The second-order valence-corrected chi connectivity index (χ2v) is 3.12. The summed E-state index contributed by atoms with van der Waals surface area (Å²) in [6.07, 6.45) is 0. The first-order chi connectivity index (χ1) is 5.79. The molecule has 0 aliphatic rings. The van der Waals surface area contributed by atoms with Gasteiger partial charge in [0, 0.05) is 17.0 Å². The third kappa shape index (κ3) is 3.28. The summed E-state index contributed by atoms with van der Waals surface area (Å²) in [5.41, 5.74) is 0. The summed E-state index contributed by atoms with van der Waals surface area (Å²) in [7, 11) is 0. The average molecular weight is 179 g/mol. The van der Waals surface area contributed by atoms with Gasteiger partial charge in [0.05, 0.1) is 0 Å². The normalized spacial score (nSPS) is 8.75. The Bertz CT molecular complexity index is 326. The van der Waals surface area contributed by atoms with Gasteiger partial charge in [0.2, 0.25) is 0 Å². The van der Waals surface area contributed by atoms with Crippen molar-refractivity contribution in [2.24, 2.45) is 4.99 Å². The first kappa shape index (κ1) is 8.91. The van der Waals surface area contributed by atoms with E-state index in [0.717, 1.165) is 16.2 Å². The molecule has 0 aliphatic carbocycles. The minimum Gasteiger partial charge on any atom is -0.272 e. The summed E-state index contributed by atoms with van der Waals surface area (Å²) in [6, 6.07) is 9.76. The van der Waals surface area contributed by atoms with Crippen molar-refractivity contribution in [3.05, 3.63) is 30.3 Å². The van der Waals surface area contributed by atoms with Crippen molar-refractivity contribution in [2.45, 2.75) is 11.8 Å². The van der Waals surface area contributed by atoms with Crippen molar-refractivity contribution in [1.82, 2.24) is 0 Å². The van der Waals surface area contributed by atoms with Gasteiger partial charge in [0.1, 0.15) is 0 Å². The number of hydrogen-bond acceptors (Lipinski definition) is 1. The lowest BCUT2D eigenvalue weighted by molar-refractivity contribution is -0.115. The van der Waals surface area contributed by atoms with Crippen molar-refractivity contribution in [2.75, 3.05) is 0 Å². The zero-order valence-electron chi connectivity index (χ0n) is 6.69. The molecule has 1 aromatic carbocycles. The van der Waals surface area contributed by atoms with Gasteiger partial charge in [0.25, 0.3) is 5.91 Å². The molecule has 0 bridgehead atoms. The molecule has 3 heteroatoms. The fourth-order valence-corrected chi connectivity index (χ4v) is 1.28. The third-order valence-electron chi connectivity index (χ3n) is 1.14. The molecule has 1 rings (SSSR count). The van der Waals surface area contributed by atoms with Crippen molar-refractivity contribution in [3.63, 3.8) is 0 Å². The molecular weight excluding hydrogens is 170 g/mol. The van der Waals surface area contributed by atoms with Gasteiger partial charge in [-0.25, -0.2) is 0 Å². The molecule has 0 heterocycles. The third-order valence-corrected chi connectivity index (χ3v) is 1.90. The highest BCUT2D eigenvalue weighted by atomic mass is 32.1. The molecular formula is C9H9NOS. The van der Waals surface area contributed by atoms with E-state index in [0.29, 0.717) is 0 Å². The molecule has 0 spiro atoms. The Hall–Kier alpha value is -1.18. The maximum Gasteiger partial charge on any atom is 0.251 e. The topological polar surface area (TPSA) is 29.4 Å². The van der Waals surface area contributed by atoms with Crippen LogP contribution in [0.4, 0.5) is 0 Å². The van der Waals surface area contributed by atoms with Crippen LogP contribution in [-0.2, 0) is 4.79 Å². The minimum absolute atomic E-state index is 0.210. The van der Waals surface area contributed by atoms with Crippen LogP contribution < -0.4 is 0 Å². The lowest BCUT2D eigenvalue weighted by atomic mass is 10.4. The second-order valence-electron chi connectivity index (χ2n) is 2.18. The zero-order chi connectivity index (χ0) is 8.81. The van der Waals surface area contributed by atoms with Crippen LogP contribution in [0.3, 0.4) is 0 Å². The molecule has 2 nitrogen and oxygen atoms in total. The van der Waals surface area contributed by atoms with Gasteiger partial charge in [-0.1, -0.05) is 18.2 Å². The molecule has 0 aliphatic heterocycles. The quantitative estimate of drug-likeness (QED) is 0.398. The average Bonchev–Trinajstić information content (AvgIpc) is 2.05. The van der Waals surface area contributed by atoms with Gasteiger partial charge >= 0.3 is 0 Å². The summed E-state index contributed by atoms with van der Waals surface area (Å²) >= 11 is 0.836. The monoisotopic (exact) mass is 179 g/mol. The van der Waals surface area contributed by atoms with Crippen LogP contribution in [0.5, 0.6) is 0 Å². The number of amides is 1. The van der Waals surface area contributed by atoms with E-state index in [1.54, 1.807) is 0 Å². The van der Waals surface area contributed by atoms with Crippen LogP contribution in [0.25, 0.3) is 0 Å². The largest absolute Gasteiger partial charge is 0.272 e. The second kappa shape index (κ2) is 4.65. The summed E-state index contributed by atoms with van der Waals surface area (Å²) in [4.78, 5) is 15.0. The molecule has 1 amide bonds. The van der Waals surface area contributed by atoms with Crippen LogP contribution in [0.1, 0.15) is 6.92 Å². The lowest BCUT2D eigenvalue weighted by Crippen LogP contribution is -1.77. The molecule has 0 fully saturated rings. The molecule has 0 atom stereocenters. The molecule has 0 unspecified atom stereocenters. The summed E-state index contributed by atoms with van der Waals surface area (Å²) in [6.45, 7) is 1.41. The summed E-state index contributed by atoms with van der Waals surface area (Å²) < 4.78 is 0. The molecule has 0 aromatic heterocycles. The van der Waals surface area contributed by atoms with Crippen LogP contribution in [-0.4, -0.2) is 11.1 Å². The van der Waals surface area contributed by atoms with E-state index in [1.807, 2.05) is 30.3 Å². The van der Waals surface area contributed by atoms with Crippen LogP contribution >= 0.6 is 11.4 Å². The van der Waals surface area contributed by atoms with Gasteiger partial charge in [-0.2, -0.15) is 4.99 Å². The summed E-state index contributed by atoms with van der Waals surface area (Å²) in [5, 5.41) is 2.65. The number of isothiocyanates is 1. The predicted octanol–water partition coefficient (Wildman–Crippen LogP) is 1.96. The molecule has 0 saturated carbocycles. The van der Waals surface area contributed by atoms with Crippen LogP contribution in [0, 0.1) is 0 Å². The molecule has 1 aromatic rings. The van der Waals surface area contributed by atoms with Crippen molar-refractivity contribution in [3.8, 4) is 0 Å². The van der Waals surface area contributed by atoms with Gasteiger partial charge in [0.15, 0.2) is 0 Å². The fourth-order valence-electron chi connectivity index (χ4n) is 0.656. The number of carbonyl (C=O) groups is 1. The number of benzene rings is 1. The van der Waals surface area contributed by atoms with Crippen LogP contribution in [0.2, 0.25) is 0 Å². The number of carbonyl (C=O) groups excluding carboxylic acids is 1. The fraction of sp³-hybridized carbons (Fsp3) is 0.111. The number of thiol groups is 1. The van der Waals surface area contributed by atoms with Crippen molar-refractivity contribution < 1.29 is 4.79 Å². The smallest absolute Gasteiger partial charge is 0.251 e. The Morgan fingerprint density at radius 1 is 1.42 bits per heavy atom. The highest BCUT2D eigenvalue weighted by Gasteiger charge is 1.80. The van der Waals surface area contributed by atoms with E-state index < -0.39 is 0 Å². The first-order valence-electron chi connectivity index (χ1n) is 3.51. The zero-order valence-corrected chi connectivity index (χ0v) is 7.58. The molecule has 0 radical (unpaired) electrons. The van der Waals surface area contributed by atoms with E-state index in [-0.39, 0.29) is 5.91 Å². The predicted molar refractivity (Wildman–Crippen MR) is 51.8 cm³/mol. The Kier molecular flexibility index (Phi) is 3.45. The first-order valence-corrected chi connectivity index (χ1v) is 4.40. The Labute approximate surface area is 74.9 Å². The van der Waals surface area contributed by atoms with E-state index in [9.17, 15) is 4.79 Å². The lowest BCUT2D eigenvalue weighted by Gasteiger charge is -1.86. The van der Waals surface area contributed by atoms with Crippen molar-refractivity contribution in [1.29, 1.82) is 0 Å². The van der Waals surface area contributed by atoms with Gasteiger partial charge in [-0.05, 0) is 12.1 Å². The SMILES string of the molecule is CC(=O)N=C=[SH]c1ccccc1. The number of hydrogen-bond donors (Lipinski definition) is 1. The highest BCUT2D eigenvalue weighted by molar-refractivity contribution is 7.97. The molecule has 0 N–H and O–H groups in total. The van der Waals surface area contributed by atoms with E-state index in [2.05, 4.69) is 10.2 Å². The van der Waals surface area contributed by atoms with E-state index in [1.165, 1.54) is 6.92 Å². The standard InChI is InChI=1S/C9H9NOS/c1-8(11)10-7-12-9-5-3-2-4-6-9/h2-6,12H,1H3. The molecule has 62 valence electrons. The highest BCUT2D eigenvalue weighted by Crippen LogP contribution is 2.06. The van der Waals surface area contributed by atoms with E-state index >= 15 is 0 Å². The van der Waals surface area contributed by atoms with Gasteiger partial charge in [-0.15, -0.1) is 11.4 Å². The molecule has 0 saturated heterocycles. The van der Waals surface area contributed by atoms with Gasteiger partial charge in [-0.3, -0.25) is 4.79 Å². The Balaban J connectivity index is 2.77.